The van der Waals surface area contributed by atoms with Crippen molar-refractivity contribution in [3.8, 4) is 0 Å². The molecule has 1 atom stereocenters. The Morgan fingerprint density at radius 2 is 1.78 bits per heavy atom. The zero-order valence-corrected chi connectivity index (χ0v) is 13.5. The van der Waals surface area contributed by atoms with Gasteiger partial charge in [-0.05, 0) is 29.3 Å². The number of benzene rings is 2. The van der Waals surface area contributed by atoms with E-state index in [1.807, 2.05) is 36.4 Å². The monoisotopic (exact) mass is 312 g/mol. The fourth-order valence-electron chi connectivity index (χ4n) is 2.63. The molecule has 0 aliphatic carbocycles. The van der Waals surface area contributed by atoms with Crippen molar-refractivity contribution in [3.05, 3.63) is 48.0 Å². The molecule has 3 N–H and O–H groups in total. The lowest BCUT2D eigenvalue weighted by Gasteiger charge is -2.15. The minimum absolute atomic E-state index is 0.255. The van der Waals surface area contributed by atoms with Gasteiger partial charge in [-0.1, -0.05) is 62.9 Å². The van der Waals surface area contributed by atoms with E-state index >= 15 is 0 Å². The molecule has 122 valence electrons. The number of fused-ring (bicyclic) bond motifs is 1. The Bertz CT molecular complexity index is 682. The smallest absolute Gasteiger partial charge is 0.251 e. The second-order valence-electron chi connectivity index (χ2n) is 5.84. The molecule has 0 aliphatic heterocycles. The van der Waals surface area contributed by atoms with Crippen molar-refractivity contribution in [2.75, 3.05) is 0 Å². The Balaban J connectivity index is 2.03. The van der Waals surface area contributed by atoms with Crippen LogP contribution in [-0.2, 0) is 4.79 Å². The molecular weight excluding hydrogens is 288 g/mol. The van der Waals surface area contributed by atoms with Crippen LogP contribution in [0.3, 0.4) is 0 Å². The Morgan fingerprint density at radius 3 is 2.48 bits per heavy atom. The van der Waals surface area contributed by atoms with Gasteiger partial charge in [-0.25, -0.2) is 0 Å². The normalized spacial score (nSPS) is 12.0. The zero-order valence-electron chi connectivity index (χ0n) is 13.5. The van der Waals surface area contributed by atoms with E-state index in [4.69, 9.17) is 5.73 Å². The molecule has 0 radical (unpaired) electrons. The second kappa shape index (κ2) is 8.32. The van der Waals surface area contributed by atoms with E-state index in [9.17, 15) is 9.59 Å². The maximum atomic E-state index is 12.4. The summed E-state index contributed by atoms with van der Waals surface area (Å²) in [5.41, 5.74) is 5.96. The number of nitrogens with two attached hydrogens (primary N) is 1. The first-order valence-corrected chi connectivity index (χ1v) is 8.21. The molecule has 23 heavy (non-hydrogen) atoms. The van der Waals surface area contributed by atoms with E-state index < -0.39 is 11.9 Å². The molecule has 2 aromatic carbocycles. The molecule has 0 fully saturated rings. The van der Waals surface area contributed by atoms with Gasteiger partial charge in [0.05, 0.1) is 0 Å². The third-order valence-electron chi connectivity index (χ3n) is 4.01. The summed E-state index contributed by atoms with van der Waals surface area (Å²) < 4.78 is 0. The van der Waals surface area contributed by atoms with Crippen LogP contribution in [0.4, 0.5) is 0 Å². The van der Waals surface area contributed by atoms with Crippen LogP contribution >= 0.6 is 0 Å². The van der Waals surface area contributed by atoms with Gasteiger partial charge < -0.3 is 11.1 Å². The third-order valence-corrected chi connectivity index (χ3v) is 4.01. The summed E-state index contributed by atoms with van der Waals surface area (Å²) in [4.78, 5) is 23.9. The molecule has 2 amide bonds. The number of hydrogen-bond acceptors (Lipinski definition) is 2. The lowest BCUT2D eigenvalue weighted by Crippen LogP contribution is -2.44. The molecule has 0 spiro atoms. The minimum atomic E-state index is -0.606. The van der Waals surface area contributed by atoms with Crippen molar-refractivity contribution in [2.45, 2.75) is 45.1 Å². The summed E-state index contributed by atoms with van der Waals surface area (Å²) in [7, 11) is 0. The summed E-state index contributed by atoms with van der Waals surface area (Å²) in [5, 5.41) is 4.84. The Hall–Kier alpha value is -2.36. The summed E-state index contributed by atoms with van der Waals surface area (Å²) in [6, 6.07) is 12.8. The van der Waals surface area contributed by atoms with E-state index in [0.29, 0.717) is 12.0 Å². The topological polar surface area (TPSA) is 72.2 Å². The van der Waals surface area contributed by atoms with Gasteiger partial charge in [0.25, 0.3) is 5.91 Å². The van der Waals surface area contributed by atoms with Crippen molar-refractivity contribution in [3.63, 3.8) is 0 Å². The standard InChI is InChI=1S/C19H24N2O2/c1-2-3-4-5-10-17(18(20)22)21-19(23)16-12-11-14-8-6-7-9-15(14)13-16/h6-9,11-13,17H,2-5,10H2,1H3,(H2,20,22)(H,21,23)/t17-/m0/s1. The fourth-order valence-corrected chi connectivity index (χ4v) is 2.63. The highest BCUT2D eigenvalue weighted by Crippen LogP contribution is 2.16. The largest absolute Gasteiger partial charge is 0.368 e. The van der Waals surface area contributed by atoms with E-state index in [-0.39, 0.29) is 5.91 Å². The first-order chi connectivity index (χ1) is 11.1. The number of nitrogens with one attached hydrogen (secondary N) is 1. The lowest BCUT2D eigenvalue weighted by molar-refractivity contribution is -0.120. The molecule has 2 rings (SSSR count). The Labute approximate surface area is 137 Å². The van der Waals surface area contributed by atoms with E-state index in [0.717, 1.165) is 36.5 Å². The second-order valence-corrected chi connectivity index (χ2v) is 5.84. The van der Waals surface area contributed by atoms with Crippen LogP contribution in [0.25, 0.3) is 10.8 Å². The molecule has 0 unspecified atom stereocenters. The first kappa shape index (κ1) is 17.0. The number of unbranched alkanes of at least 4 members (excludes halogenated alkanes) is 3. The van der Waals surface area contributed by atoms with E-state index in [1.165, 1.54) is 0 Å². The highest BCUT2D eigenvalue weighted by molar-refractivity contribution is 6.00. The number of rotatable bonds is 8. The van der Waals surface area contributed by atoms with Gasteiger partial charge in [0.15, 0.2) is 0 Å². The van der Waals surface area contributed by atoms with Gasteiger partial charge in [0, 0.05) is 5.56 Å². The zero-order chi connectivity index (χ0) is 16.7. The average molecular weight is 312 g/mol. The molecule has 0 saturated heterocycles. The average Bonchev–Trinajstić information content (AvgIpc) is 2.56. The number of hydrogen-bond donors (Lipinski definition) is 2. The van der Waals surface area contributed by atoms with Crippen LogP contribution < -0.4 is 11.1 Å². The molecule has 2 aromatic rings. The summed E-state index contributed by atoms with van der Waals surface area (Å²) in [6.07, 6.45) is 4.79. The van der Waals surface area contributed by atoms with Crippen LogP contribution in [0.5, 0.6) is 0 Å². The van der Waals surface area contributed by atoms with Gasteiger partial charge in [-0.2, -0.15) is 0 Å². The van der Waals surface area contributed by atoms with Crippen LogP contribution in [0.2, 0.25) is 0 Å². The number of carbonyl (C=O) groups excluding carboxylic acids is 2. The minimum Gasteiger partial charge on any atom is -0.368 e. The number of carbonyl (C=O) groups is 2. The quantitative estimate of drug-likeness (QED) is 0.733. The van der Waals surface area contributed by atoms with Crippen molar-refractivity contribution >= 4 is 22.6 Å². The fraction of sp³-hybridized carbons (Fsp3) is 0.368. The molecular formula is C19H24N2O2. The van der Waals surface area contributed by atoms with Crippen LogP contribution in [0.15, 0.2) is 42.5 Å². The number of amides is 2. The van der Waals surface area contributed by atoms with E-state index in [1.54, 1.807) is 6.07 Å². The third kappa shape index (κ3) is 4.81. The van der Waals surface area contributed by atoms with Crippen molar-refractivity contribution in [1.82, 2.24) is 5.32 Å². The lowest BCUT2D eigenvalue weighted by atomic mass is 10.0. The predicted octanol–water partition coefficient (Wildman–Crippen LogP) is 3.39. The maximum absolute atomic E-state index is 12.4. The van der Waals surface area contributed by atoms with Crippen LogP contribution in [-0.4, -0.2) is 17.9 Å². The van der Waals surface area contributed by atoms with Crippen molar-refractivity contribution < 1.29 is 9.59 Å². The molecule has 4 nitrogen and oxygen atoms in total. The summed E-state index contributed by atoms with van der Waals surface area (Å²) in [6.45, 7) is 2.13. The molecule has 4 heteroatoms. The number of primary amides is 1. The van der Waals surface area contributed by atoms with Crippen molar-refractivity contribution in [1.29, 1.82) is 0 Å². The van der Waals surface area contributed by atoms with Crippen LogP contribution in [0, 0.1) is 0 Å². The summed E-state index contributed by atoms with van der Waals surface area (Å²) >= 11 is 0. The molecule has 0 aromatic heterocycles. The van der Waals surface area contributed by atoms with Gasteiger partial charge in [0.2, 0.25) is 5.91 Å². The van der Waals surface area contributed by atoms with Crippen LogP contribution in [0.1, 0.15) is 49.4 Å². The molecule has 0 bridgehead atoms. The van der Waals surface area contributed by atoms with Gasteiger partial charge in [-0.3, -0.25) is 9.59 Å². The SMILES string of the molecule is CCCCCC[C@H](NC(=O)c1ccc2ccccc2c1)C(N)=O. The molecule has 0 heterocycles. The van der Waals surface area contributed by atoms with Gasteiger partial charge in [-0.15, -0.1) is 0 Å². The van der Waals surface area contributed by atoms with E-state index in [2.05, 4.69) is 12.2 Å². The summed E-state index contributed by atoms with van der Waals surface area (Å²) in [5.74, 6) is -0.731. The van der Waals surface area contributed by atoms with Crippen molar-refractivity contribution in [2.24, 2.45) is 5.73 Å². The molecule has 0 aliphatic rings. The highest BCUT2D eigenvalue weighted by atomic mass is 16.2. The maximum Gasteiger partial charge on any atom is 0.251 e. The highest BCUT2D eigenvalue weighted by Gasteiger charge is 2.18. The Morgan fingerprint density at radius 1 is 1.04 bits per heavy atom. The Kier molecular flexibility index (Phi) is 6.15. The van der Waals surface area contributed by atoms with Gasteiger partial charge >= 0.3 is 0 Å². The first-order valence-electron chi connectivity index (χ1n) is 8.21. The molecule has 0 saturated carbocycles. The van der Waals surface area contributed by atoms with Gasteiger partial charge in [0.1, 0.15) is 6.04 Å². The predicted molar refractivity (Wildman–Crippen MR) is 93.2 cm³/mol.